The lowest BCUT2D eigenvalue weighted by atomic mass is 10.1. The van der Waals surface area contributed by atoms with Crippen molar-refractivity contribution in [3.8, 4) is 5.75 Å². The van der Waals surface area contributed by atoms with Crippen LogP contribution in [0.5, 0.6) is 5.75 Å². The number of nitrogens with one attached hydrogen (secondary N) is 1. The molecule has 0 bridgehead atoms. The SMILES string of the molecule is CCOC(=O)CCCCCCN=C(N)Nc1cccc(OC)c1.I. The number of carbonyl (C=O) groups is 1. The summed E-state index contributed by atoms with van der Waals surface area (Å²) >= 11 is 0. The number of aliphatic imine (C=N–C) groups is 1. The van der Waals surface area contributed by atoms with Gasteiger partial charge < -0.3 is 20.5 Å². The molecule has 0 aliphatic heterocycles. The van der Waals surface area contributed by atoms with E-state index >= 15 is 0 Å². The van der Waals surface area contributed by atoms with Crippen molar-refractivity contribution in [2.75, 3.05) is 25.6 Å². The van der Waals surface area contributed by atoms with Gasteiger partial charge in [-0.2, -0.15) is 0 Å². The smallest absolute Gasteiger partial charge is 0.305 e. The number of methoxy groups -OCH3 is 1. The summed E-state index contributed by atoms with van der Waals surface area (Å²) < 4.78 is 10.0. The van der Waals surface area contributed by atoms with E-state index in [2.05, 4.69) is 10.3 Å². The molecule has 0 aliphatic rings. The summed E-state index contributed by atoms with van der Waals surface area (Å²) in [6.07, 6.45) is 4.33. The predicted octanol–water partition coefficient (Wildman–Crippen LogP) is 3.55. The third kappa shape index (κ3) is 10.3. The van der Waals surface area contributed by atoms with E-state index in [0.717, 1.165) is 37.1 Å². The molecule has 3 N–H and O–H groups in total. The van der Waals surface area contributed by atoms with Crippen LogP contribution in [0.15, 0.2) is 29.3 Å². The topological polar surface area (TPSA) is 85.9 Å². The maximum Gasteiger partial charge on any atom is 0.305 e. The van der Waals surface area contributed by atoms with Crippen LogP contribution in [0, 0.1) is 0 Å². The van der Waals surface area contributed by atoms with Gasteiger partial charge in [0.1, 0.15) is 5.75 Å². The molecule has 1 rings (SSSR count). The molecule has 24 heavy (non-hydrogen) atoms. The van der Waals surface area contributed by atoms with Crippen molar-refractivity contribution in [2.24, 2.45) is 10.7 Å². The molecule has 0 aliphatic carbocycles. The van der Waals surface area contributed by atoms with Gasteiger partial charge in [-0.1, -0.05) is 18.9 Å². The van der Waals surface area contributed by atoms with Crippen molar-refractivity contribution in [3.05, 3.63) is 24.3 Å². The molecule has 1 aromatic carbocycles. The van der Waals surface area contributed by atoms with Gasteiger partial charge in [-0.05, 0) is 31.9 Å². The fourth-order valence-electron chi connectivity index (χ4n) is 2.06. The fraction of sp³-hybridized carbons (Fsp3) is 0.529. The van der Waals surface area contributed by atoms with Gasteiger partial charge in [0, 0.05) is 24.7 Å². The number of hydrogen-bond acceptors (Lipinski definition) is 4. The predicted molar refractivity (Wildman–Crippen MR) is 108 cm³/mol. The fourth-order valence-corrected chi connectivity index (χ4v) is 2.06. The molecular weight excluding hydrogens is 421 g/mol. The van der Waals surface area contributed by atoms with Crippen LogP contribution in [0.4, 0.5) is 5.69 Å². The number of halogens is 1. The lowest BCUT2D eigenvalue weighted by molar-refractivity contribution is -0.143. The van der Waals surface area contributed by atoms with Crippen LogP contribution in [0.1, 0.15) is 39.0 Å². The zero-order valence-corrected chi connectivity index (χ0v) is 16.7. The van der Waals surface area contributed by atoms with E-state index in [1.165, 1.54) is 0 Å². The van der Waals surface area contributed by atoms with Crippen LogP contribution < -0.4 is 15.8 Å². The van der Waals surface area contributed by atoms with Gasteiger partial charge in [0.25, 0.3) is 0 Å². The number of unbranched alkanes of at least 4 members (excludes halogenated alkanes) is 3. The van der Waals surface area contributed by atoms with Crippen molar-refractivity contribution in [2.45, 2.75) is 39.0 Å². The van der Waals surface area contributed by atoms with Crippen LogP contribution in [0.25, 0.3) is 0 Å². The van der Waals surface area contributed by atoms with Crippen LogP contribution in [0.2, 0.25) is 0 Å². The highest BCUT2D eigenvalue weighted by Crippen LogP contribution is 2.16. The van der Waals surface area contributed by atoms with Crippen molar-refractivity contribution >= 4 is 41.6 Å². The molecule has 0 saturated heterocycles. The molecule has 0 spiro atoms. The molecule has 0 saturated carbocycles. The summed E-state index contributed by atoms with van der Waals surface area (Å²) in [6, 6.07) is 7.52. The Morgan fingerprint density at radius 3 is 2.71 bits per heavy atom. The maximum atomic E-state index is 11.2. The highest BCUT2D eigenvalue weighted by Gasteiger charge is 2.00. The number of benzene rings is 1. The zero-order chi connectivity index (χ0) is 16.9. The number of anilines is 1. The summed E-state index contributed by atoms with van der Waals surface area (Å²) in [4.78, 5) is 15.5. The average Bonchev–Trinajstić information content (AvgIpc) is 2.54. The number of nitrogens with two attached hydrogens (primary N) is 1. The van der Waals surface area contributed by atoms with Crippen molar-refractivity contribution in [1.82, 2.24) is 0 Å². The van der Waals surface area contributed by atoms with E-state index in [9.17, 15) is 4.79 Å². The molecule has 6 nitrogen and oxygen atoms in total. The largest absolute Gasteiger partial charge is 0.497 e. The number of esters is 1. The maximum absolute atomic E-state index is 11.2. The van der Waals surface area contributed by atoms with Crippen molar-refractivity contribution < 1.29 is 14.3 Å². The molecule has 7 heteroatoms. The summed E-state index contributed by atoms with van der Waals surface area (Å²) in [6.45, 7) is 2.94. The summed E-state index contributed by atoms with van der Waals surface area (Å²) in [7, 11) is 1.62. The Kier molecular flexibility index (Phi) is 13.0. The first-order chi connectivity index (χ1) is 11.2. The summed E-state index contributed by atoms with van der Waals surface area (Å²) in [5, 5.41) is 3.03. The van der Waals surface area contributed by atoms with Crippen LogP contribution in [-0.2, 0) is 9.53 Å². The molecule has 0 fully saturated rings. The molecule has 0 atom stereocenters. The Balaban J connectivity index is 0.00000529. The second-order valence-corrected chi connectivity index (χ2v) is 5.09. The number of rotatable bonds is 10. The van der Waals surface area contributed by atoms with Gasteiger partial charge in [0.15, 0.2) is 5.96 Å². The lowest BCUT2D eigenvalue weighted by Crippen LogP contribution is -2.22. The first-order valence-corrected chi connectivity index (χ1v) is 8.02. The summed E-state index contributed by atoms with van der Waals surface area (Å²) in [5.41, 5.74) is 6.70. The van der Waals surface area contributed by atoms with Crippen LogP contribution in [-0.4, -0.2) is 32.2 Å². The number of nitrogens with zero attached hydrogens (tertiary/aromatic N) is 1. The Morgan fingerprint density at radius 1 is 1.25 bits per heavy atom. The third-order valence-electron chi connectivity index (χ3n) is 3.22. The van der Waals surface area contributed by atoms with Gasteiger partial charge in [-0.25, -0.2) is 0 Å². The Hall–Kier alpha value is -1.51. The van der Waals surface area contributed by atoms with E-state index in [1.807, 2.05) is 31.2 Å². The van der Waals surface area contributed by atoms with Gasteiger partial charge in [-0.15, -0.1) is 24.0 Å². The number of guanidine groups is 1. The highest BCUT2D eigenvalue weighted by molar-refractivity contribution is 14.0. The zero-order valence-electron chi connectivity index (χ0n) is 14.4. The average molecular weight is 449 g/mol. The van der Waals surface area contributed by atoms with Gasteiger partial charge in [0.05, 0.1) is 13.7 Å². The van der Waals surface area contributed by atoms with E-state index in [0.29, 0.717) is 25.5 Å². The van der Waals surface area contributed by atoms with Gasteiger partial charge in [-0.3, -0.25) is 9.79 Å². The van der Waals surface area contributed by atoms with Crippen molar-refractivity contribution in [1.29, 1.82) is 0 Å². The molecule has 0 unspecified atom stereocenters. The Morgan fingerprint density at radius 2 is 2.00 bits per heavy atom. The van der Waals surface area contributed by atoms with Crippen LogP contribution >= 0.6 is 24.0 Å². The quantitative estimate of drug-likeness (QED) is 0.188. The molecule has 0 amide bonds. The molecule has 0 radical (unpaired) electrons. The number of carbonyl (C=O) groups excluding carboxylic acids is 1. The summed E-state index contributed by atoms with van der Waals surface area (Å²) in [5.74, 6) is 1.05. The Bertz CT molecular complexity index is 510. The standard InChI is InChI=1S/C17H27N3O3.HI/c1-3-23-16(21)11-6-4-5-7-12-19-17(18)20-14-9-8-10-15(13-14)22-2;/h8-10,13H,3-7,11-12H2,1-2H3,(H3,18,19,20);1H. The Labute approximate surface area is 161 Å². The van der Waals surface area contributed by atoms with E-state index in [4.69, 9.17) is 15.2 Å². The second kappa shape index (κ2) is 13.9. The van der Waals surface area contributed by atoms with Gasteiger partial charge >= 0.3 is 5.97 Å². The van der Waals surface area contributed by atoms with E-state index < -0.39 is 0 Å². The first kappa shape index (κ1) is 22.5. The lowest BCUT2D eigenvalue weighted by Gasteiger charge is -2.07. The number of hydrogen-bond donors (Lipinski definition) is 2. The minimum absolute atomic E-state index is 0. The van der Waals surface area contributed by atoms with Crippen molar-refractivity contribution in [3.63, 3.8) is 0 Å². The minimum atomic E-state index is -0.114. The first-order valence-electron chi connectivity index (χ1n) is 8.02. The molecular formula is C17H28IN3O3. The molecule has 136 valence electrons. The molecule has 0 heterocycles. The van der Waals surface area contributed by atoms with E-state index in [-0.39, 0.29) is 29.9 Å². The molecule has 1 aromatic rings. The van der Waals surface area contributed by atoms with E-state index in [1.54, 1.807) is 7.11 Å². The second-order valence-electron chi connectivity index (χ2n) is 5.09. The monoisotopic (exact) mass is 449 g/mol. The third-order valence-corrected chi connectivity index (χ3v) is 3.22. The van der Waals surface area contributed by atoms with Crippen LogP contribution in [0.3, 0.4) is 0 Å². The van der Waals surface area contributed by atoms with Gasteiger partial charge in [0.2, 0.25) is 0 Å². The normalized spacial score (nSPS) is 10.7. The molecule has 0 aromatic heterocycles. The minimum Gasteiger partial charge on any atom is -0.497 e. The number of ether oxygens (including phenoxy) is 2. The highest BCUT2D eigenvalue weighted by atomic mass is 127.